The number of rotatable bonds is 9. The lowest BCUT2D eigenvalue weighted by atomic mass is 10.2. The Balaban J connectivity index is 2.01. The molecule has 0 spiro atoms. The lowest BCUT2D eigenvalue weighted by Crippen LogP contribution is -2.30. The third kappa shape index (κ3) is 5.10. The highest BCUT2D eigenvalue weighted by molar-refractivity contribution is 7.93. The highest BCUT2D eigenvalue weighted by Gasteiger charge is 2.26. The number of nitrogens with zero attached hydrogens (tertiary/aromatic N) is 1. The van der Waals surface area contributed by atoms with Crippen molar-refractivity contribution >= 4 is 37.4 Å². The fourth-order valence-corrected chi connectivity index (χ4v) is 5.68. The lowest BCUT2D eigenvalue weighted by molar-refractivity contribution is 0.0696. The van der Waals surface area contributed by atoms with Gasteiger partial charge in [-0.1, -0.05) is 18.2 Å². The molecule has 0 fully saturated rings. The Kier molecular flexibility index (Phi) is 6.94. The fourth-order valence-electron chi connectivity index (χ4n) is 3.12. The summed E-state index contributed by atoms with van der Waals surface area (Å²) in [6.45, 7) is 1.86. The van der Waals surface area contributed by atoms with E-state index in [0.29, 0.717) is 5.69 Å². The third-order valence-electron chi connectivity index (χ3n) is 4.75. The number of hydrogen-bond acceptors (Lipinski definition) is 6. The van der Waals surface area contributed by atoms with Crippen LogP contribution >= 0.6 is 0 Å². The molecule has 3 aromatic carbocycles. The van der Waals surface area contributed by atoms with Crippen LogP contribution in [0.4, 0.5) is 11.4 Å². The summed E-state index contributed by atoms with van der Waals surface area (Å²) in [5.41, 5.74) is 0.321. The average molecular weight is 491 g/mol. The molecule has 0 aliphatic rings. The van der Waals surface area contributed by atoms with Crippen molar-refractivity contribution in [2.24, 2.45) is 0 Å². The number of anilines is 2. The van der Waals surface area contributed by atoms with Crippen LogP contribution in [0.15, 0.2) is 82.6 Å². The number of ether oxygens (including phenoxy) is 1. The number of carboxylic acids is 1. The van der Waals surface area contributed by atoms with Gasteiger partial charge in [-0.2, -0.15) is 0 Å². The highest BCUT2D eigenvalue weighted by Crippen LogP contribution is 2.32. The quantitative estimate of drug-likeness (QED) is 0.470. The van der Waals surface area contributed by atoms with Crippen molar-refractivity contribution in [3.8, 4) is 5.75 Å². The van der Waals surface area contributed by atoms with Crippen molar-refractivity contribution in [3.05, 3.63) is 78.4 Å². The van der Waals surface area contributed by atoms with Crippen LogP contribution in [0.1, 0.15) is 17.3 Å². The first-order valence-electron chi connectivity index (χ1n) is 9.72. The molecule has 3 aromatic rings. The lowest BCUT2D eigenvalue weighted by Gasteiger charge is -2.23. The van der Waals surface area contributed by atoms with E-state index < -0.39 is 26.0 Å². The highest BCUT2D eigenvalue weighted by atomic mass is 32.2. The van der Waals surface area contributed by atoms with Gasteiger partial charge in [0.05, 0.1) is 33.8 Å². The Bertz CT molecular complexity index is 1360. The molecule has 0 aliphatic carbocycles. The standard InChI is InChI=1S/C22H22N2O7S2/c1-3-24(17-7-5-4-6-8-17)33(29,30)19-13-14-21(31-2)20(15-19)23-32(27,28)18-11-9-16(10-12-18)22(25)26/h4-15,23H,3H2,1-2H3,(H,25,26). The second kappa shape index (κ2) is 9.51. The third-order valence-corrected chi connectivity index (χ3v) is 8.03. The summed E-state index contributed by atoms with van der Waals surface area (Å²) in [5.74, 6) is -1.08. The maximum atomic E-state index is 13.3. The van der Waals surface area contributed by atoms with Gasteiger partial charge in [0.1, 0.15) is 5.75 Å². The van der Waals surface area contributed by atoms with Crippen LogP contribution in [0.25, 0.3) is 0 Å². The Labute approximate surface area is 192 Å². The van der Waals surface area contributed by atoms with E-state index in [9.17, 15) is 21.6 Å². The van der Waals surface area contributed by atoms with Crippen LogP contribution in [-0.2, 0) is 20.0 Å². The molecule has 0 bridgehead atoms. The van der Waals surface area contributed by atoms with Gasteiger partial charge in [0.2, 0.25) is 0 Å². The van der Waals surface area contributed by atoms with E-state index in [4.69, 9.17) is 9.84 Å². The average Bonchev–Trinajstić information content (AvgIpc) is 2.80. The molecule has 9 nitrogen and oxygen atoms in total. The molecule has 0 atom stereocenters. The Morgan fingerprint density at radius 3 is 2.09 bits per heavy atom. The number of aromatic carboxylic acids is 1. The van der Waals surface area contributed by atoms with Gasteiger partial charge in [-0.15, -0.1) is 0 Å². The molecule has 11 heteroatoms. The van der Waals surface area contributed by atoms with Crippen LogP contribution in [-0.4, -0.2) is 41.6 Å². The van der Waals surface area contributed by atoms with E-state index in [0.717, 1.165) is 24.3 Å². The molecule has 0 saturated heterocycles. The molecule has 0 amide bonds. The van der Waals surface area contributed by atoms with Gasteiger partial charge in [-0.3, -0.25) is 9.03 Å². The fraction of sp³-hybridized carbons (Fsp3) is 0.136. The monoisotopic (exact) mass is 490 g/mol. The van der Waals surface area contributed by atoms with Gasteiger partial charge in [-0.05, 0) is 61.5 Å². The molecule has 0 aliphatic heterocycles. The second-order valence-electron chi connectivity index (χ2n) is 6.80. The molecule has 0 aromatic heterocycles. The zero-order chi connectivity index (χ0) is 24.2. The molecule has 33 heavy (non-hydrogen) atoms. The maximum absolute atomic E-state index is 13.3. The first kappa shape index (κ1) is 24.1. The van der Waals surface area contributed by atoms with Crippen LogP contribution in [0.3, 0.4) is 0 Å². The molecule has 3 rings (SSSR count). The summed E-state index contributed by atoms with van der Waals surface area (Å²) in [4.78, 5) is 10.7. The van der Waals surface area contributed by atoms with Gasteiger partial charge in [-0.25, -0.2) is 21.6 Å². The van der Waals surface area contributed by atoms with Gasteiger partial charge in [0, 0.05) is 6.54 Å². The molecule has 0 heterocycles. The minimum absolute atomic E-state index is 0.0693. The van der Waals surface area contributed by atoms with Gasteiger partial charge in [0.15, 0.2) is 0 Å². The maximum Gasteiger partial charge on any atom is 0.335 e. The molecule has 174 valence electrons. The number of carboxylic acid groups (broad SMARTS) is 1. The number of methoxy groups -OCH3 is 1. The summed E-state index contributed by atoms with van der Waals surface area (Å²) in [5, 5.41) is 8.99. The molecular weight excluding hydrogens is 468 g/mol. The van der Waals surface area contributed by atoms with Gasteiger partial charge >= 0.3 is 5.97 Å². The van der Waals surface area contributed by atoms with E-state index in [1.165, 1.54) is 29.6 Å². The Hall–Kier alpha value is -3.57. The summed E-state index contributed by atoms with van der Waals surface area (Å²) in [6.07, 6.45) is 0. The van der Waals surface area contributed by atoms with Crippen molar-refractivity contribution in [2.75, 3.05) is 22.7 Å². The van der Waals surface area contributed by atoms with Crippen molar-refractivity contribution < 1.29 is 31.5 Å². The number of para-hydroxylation sites is 1. The van der Waals surface area contributed by atoms with Crippen LogP contribution in [0.2, 0.25) is 0 Å². The first-order valence-corrected chi connectivity index (χ1v) is 12.6. The van der Waals surface area contributed by atoms with Crippen molar-refractivity contribution in [2.45, 2.75) is 16.7 Å². The van der Waals surface area contributed by atoms with Crippen LogP contribution < -0.4 is 13.8 Å². The SMILES string of the molecule is CCN(c1ccccc1)S(=O)(=O)c1ccc(OC)c(NS(=O)(=O)c2ccc(C(=O)O)cc2)c1. The van der Waals surface area contributed by atoms with E-state index >= 15 is 0 Å². The topological polar surface area (TPSA) is 130 Å². The van der Waals surface area contributed by atoms with Crippen molar-refractivity contribution in [1.29, 1.82) is 0 Å². The normalized spacial score (nSPS) is 11.6. The number of sulfonamides is 2. The van der Waals surface area contributed by atoms with E-state index in [2.05, 4.69) is 4.72 Å². The smallest absolute Gasteiger partial charge is 0.335 e. The largest absolute Gasteiger partial charge is 0.495 e. The minimum Gasteiger partial charge on any atom is -0.495 e. The molecular formula is C22H22N2O7S2. The summed E-state index contributed by atoms with van der Waals surface area (Å²) >= 11 is 0. The molecule has 0 radical (unpaired) electrons. The van der Waals surface area contributed by atoms with Crippen LogP contribution in [0.5, 0.6) is 5.75 Å². The molecule has 0 unspecified atom stereocenters. The number of nitrogens with one attached hydrogen (secondary N) is 1. The van der Waals surface area contributed by atoms with Gasteiger partial charge in [0.25, 0.3) is 20.0 Å². The number of carbonyl (C=O) groups is 1. The minimum atomic E-state index is -4.16. The van der Waals surface area contributed by atoms with E-state index in [1.54, 1.807) is 37.3 Å². The summed E-state index contributed by atoms with van der Waals surface area (Å²) < 4.78 is 61.0. The van der Waals surface area contributed by atoms with Crippen molar-refractivity contribution in [1.82, 2.24) is 0 Å². The number of benzene rings is 3. The van der Waals surface area contributed by atoms with Crippen LogP contribution in [0, 0.1) is 0 Å². The Morgan fingerprint density at radius 1 is 0.939 bits per heavy atom. The summed E-state index contributed by atoms with van der Waals surface area (Å²) in [6, 6.07) is 17.0. The first-order chi connectivity index (χ1) is 15.6. The predicted octanol–water partition coefficient (Wildman–Crippen LogP) is 3.41. The summed E-state index contributed by atoms with van der Waals surface area (Å²) in [7, 11) is -6.84. The Morgan fingerprint density at radius 2 is 1.55 bits per heavy atom. The zero-order valence-electron chi connectivity index (χ0n) is 17.8. The molecule has 2 N–H and O–H groups in total. The van der Waals surface area contributed by atoms with E-state index in [-0.39, 0.29) is 33.3 Å². The van der Waals surface area contributed by atoms with E-state index in [1.807, 2.05) is 0 Å². The second-order valence-corrected chi connectivity index (χ2v) is 10.3. The number of hydrogen-bond donors (Lipinski definition) is 2. The molecule has 0 saturated carbocycles. The van der Waals surface area contributed by atoms with Crippen molar-refractivity contribution in [3.63, 3.8) is 0 Å². The predicted molar refractivity (Wildman–Crippen MR) is 124 cm³/mol. The van der Waals surface area contributed by atoms with Gasteiger partial charge < -0.3 is 9.84 Å². The zero-order valence-corrected chi connectivity index (χ0v) is 19.4.